The van der Waals surface area contributed by atoms with Gasteiger partial charge in [-0.15, -0.1) is 0 Å². The summed E-state index contributed by atoms with van der Waals surface area (Å²) in [6.07, 6.45) is 1.93. The molecule has 0 aliphatic carbocycles. The van der Waals surface area contributed by atoms with Crippen LogP contribution in [-0.4, -0.2) is 15.7 Å². The molecule has 1 amide bonds. The average molecular weight is 422 g/mol. The van der Waals surface area contributed by atoms with Crippen LogP contribution in [0.1, 0.15) is 15.9 Å². The van der Waals surface area contributed by atoms with Crippen molar-refractivity contribution in [3.63, 3.8) is 0 Å². The number of carbonyl (C=O) groups excluding carboxylic acids is 1. The molecule has 4 rings (SSSR count). The molecule has 0 unspecified atom stereocenters. The van der Waals surface area contributed by atoms with Gasteiger partial charge in [0.2, 0.25) is 0 Å². The molecule has 0 saturated heterocycles. The molecular formula is C23H17Cl2N3O. The number of amides is 1. The lowest BCUT2D eigenvalue weighted by Crippen LogP contribution is -2.23. The minimum Gasteiger partial charge on any atom is -0.348 e. The zero-order chi connectivity index (χ0) is 20.2. The minimum atomic E-state index is -0.266. The fraction of sp³-hybridized carbons (Fsp3) is 0.0435. The maximum absolute atomic E-state index is 12.6. The van der Waals surface area contributed by atoms with Crippen molar-refractivity contribution >= 4 is 29.1 Å². The summed E-state index contributed by atoms with van der Waals surface area (Å²) < 4.78 is 1.82. The molecular weight excluding hydrogens is 405 g/mol. The lowest BCUT2D eigenvalue weighted by atomic mass is 10.1. The number of halogens is 2. The second kappa shape index (κ2) is 8.52. The maximum atomic E-state index is 12.6. The number of hydrogen-bond donors (Lipinski definition) is 1. The molecule has 0 saturated carbocycles. The number of rotatable bonds is 5. The van der Waals surface area contributed by atoms with Crippen LogP contribution in [0.5, 0.6) is 0 Å². The van der Waals surface area contributed by atoms with Gasteiger partial charge in [-0.3, -0.25) is 4.79 Å². The highest BCUT2D eigenvalue weighted by Crippen LogP contribution is 2.24. The standard InChI is InChI=1S/C23H17Cl2N3O/c24-18-11-12-20(21(25)13-18)23(29)26-14-17-15-28(19-9-5-2-6-10-19)27-22(17)16-7-3-1-4-8-16/h1-13,15H,14H2,(H,26,29). The molecule has 0 spiro atoms. The topological polar surface area (TPSA) is 46.9 Å². The largest absolute Gasteiger partial charge is 0.348 e. The van der Waals surface area contributed by atoms with Crippen LogP contribution in [0.25, 0.3) is 16.9 Å². The van der Waals surface area contributed by atoms with E-state index in [1.165, 1.54) is 0 Å². The van der Waals surface area contributed by atoms with Gasteiger partial charge in [-0.05, 0) is 30.3 Å². The molecule has 0 aliphatic heterocycles. The molecule has 6 heteroatoms. The van der Waals surface area contributed by atoms with E-state index in [1.807, 2.05) is 71.5 Å². The zero-order valence-corrected chi connectivity index (χ0v) is 16.9. The molecule has 0 bridgehead atoms. The molecule has 29 heavy (non-hydrogen) atoms. The van der Waals surface area contributed by atoms with Crippen molar-refractivity contribution in [1.82, 2.24) is 15.1 Å². The highest BCUT2D eigenvalue weighted by atomic mass is 35.5. The molecule has 0 atom stereocenters. The van der Waals surface area contributed by atoms with Gasteiger partial charge in [0, 0.05) is 28.9 Å². The molecule has 0 fully saturated rings. The van der Waals surface area contributed by atoms with Gasteiger partial charge in [0.25, 0.3) is 5.91 Å². The Morgan fingerprint density at radius 2 is 1.62 bits per heavy atom. The fourth-order valence-electron chi connectivity index (χ4n) is 3.04. The quantitative estimate of drug-likeness (QED) is 0.444. The highest BCUT2D eigenvalue weighted by Gasteiger charge is 2.15. The van der Waals surface area contributed by atoms with E-state index in [4.69, 9.17) is 28.3 Å². The molecule has 0 radical (unpaired) electrons. The number of nitrogens with zero attached hydrogens (tertiary/aromatic N) is 2. The second-order valence-corrected chi connectivity index (χ2v) is 7.30. The van der Waals surface area contributed by atoms with Crippen LogP contribution in [0.15, 0.2) is 85.1 Å². The van der Waals surface area contributed by atoms with E-state index < -0.39 is 0 Å². The zero-order valence-electron chi connectivity index (χ0n) is 15.3. The number of aromatic nitrogens is 2. The summed E-state index contributed by atoms with van der Waals surface area (Å²) in [5, 5.41) is 8.49. The lowest BCUT2D eigenvalue weighted by molar-refractivity contribution is 0.0951. The Kier molecular flexibility index (Phi) is 5.65. The molecule has 4 nitrogen and oxygen atoms in total. The summed E-state index contributed by atoms with van der Waals surface area (Å²) >= 11 is 12.1. The van der Waals surface area contributed by atoms with Crippen molar-refractivity contribution in [2.75, 3.05) is 0 Å². The third-order valence-electron chi connectivity index (χ3n) is 4.47. The van der Waals surface area contributed by atoms with Gasteiger partial charge in [-0.2, -0.15) is 5.10 Å². The van der Waals surface area contributed by atoms with Crippen LogP contribution in [0.3, 0.4) is 0 Å². The van der Waals surface area contributed by atoms with E-state index in [1.54, 1.807) is 18.2 Å². The van der Waals surface area contributed by atoms with Crippen molar-refractivity contribution in [2.24, 2.45) is 0 Å². The van der Waals surface area contributed by atoms with E-state index in [0.29, 0.717) is 22.2 Å². The summed E-state index contributed by atoms with van der Waals surface area (Å²) in [6.45, 7) is 0.314. The van der Waals surface area contributed by atoms with Gasteiger partial charge in [-0.1, -0.05) is 71.7 Å². The van der Waals surface area contributed by atoms with Crippen molar-refractivity contribution in [2.45, 2.75) is 6.54 Å². The van der Waals surface area contributed by atoms with E-state index in [-0.39, 0.29) is 5.91 Å². The first-order chi connectivity index (χ1) is 14.1. The third kappa shape index (κ3) is 4.34. The minimum absolute atomic E-state index is 0.266. The van der Waals surface area contributed by atoms with E-state index in [9.17, 15) is 4.79 Å². The molecule has 3 aromatic carbocycles. The average Bonchev–Trinajstić information content (AvgIpc) is 3.18. The fourth-order valence-corrected chi connectivity index (χ4v) is 3.53. The van der Waals surface area contributed by atoms with Crippen molar-refractivity contribution < 1.29 is 4.79 Å². The Balaban J connectivity index is 1.63. The Hall–Kier alpha value is -3.08. The highest BCUT2D eigenvalue weighted by molar-refractivity contribution is 6.36. The lowest BCUT2D eigenvalue weighted by Gasteiger charge is -2.07. The van der Waals surface area contributed by atoms with Crippen LogP contribution in [0, 0.1) is 0 Å². The van der Waals surface area contributed by atoms with Crippen molar-refractivity contribution in [1.29, 1.82) is 0 Å². The summed E-state index contributed by atoms with van der Waals surface area (Å²) in [4.78, 5) is 12.6. The Morgan fingerprint density at radius 3 is 2.31 bits per heavy atom. The van der Waals surface area contributed by atoms with Gasteiger partial charge in [0.15, 0.2) is 0 Å². The monoisotopic (exact) mass is 421 g/mol. The normalized spacial score (nSPS) is 10.7. The van der Waals surface area contributed by atoms with Gasteiger partial charge >= 0.3 is 0 Å². The Labute approximate surface area is 178 Å². The van der Waals surface area contributed by atoms with Crippen LogP contribution in [-0.2, 0) is 6.54 Å². The number of nitrogens with one attached hydrogen (secondary N) is 1. The molecule has 0 aliphatic rings. The molecule has 4 aromatic rings. The van der Waals surface area contributed by atoms with E-state index in [2.05, 4.69) is 5.32 Å². The van der Waals surface area contributed by atoms with Gasteiger partial charge in [0.1, 0.15) is 0 Å². The molecule has 1 N–H and O–H groups in total. The number of para-hydroxylation sites is 1. The maximum Gasteiger partial charge on any atom is 0.253 e. The van der Waals surface area contributed by atoms with Crippen LogP contribution < -0.4 is 5.32 Å². The smallest absolute Gasteiger partial charge is 0.253 e. The first-order valence-corrected chi connectivity index (χ1v) is 9.80. The summed E-state index contributed by atoms with van der Waals surface area (Å²) in [6, 6.07) is 24.6. The second-order valence-electron chi connectivity index (χ2n) is 6.46. The third-order valence-corrected chi connectivity index (χ3v) is 5.02. The molecule has 1 heterocycles. The van der Waals surface area contributed by atoms with E-state index >= 15 is 0 Å². The van der Waals surface area contributed by atoms with Crippen molar-refractivity contribution in [3.05, 3.63) is 106 Å². The summed E-state index contributed by atoms with van der Waals surface area (Å²) in [7, 11) is 0. The van der Waals surface area contributed by atoms with Crippen LogP contribution >= 0.6 is 23.2 Å². The Morgan fingerprint density at radius 1 is 0.931 bits per heavy atom. The van der Waals surface area contributed by atoms with Crippen LogP contribution in [0.4, 0.5) is 0 Å². The Bertz CT molecular complexity index is 1140. The van der Waals surface area contributed by atoms with Crippen LogP contribution in [0.2, 0.25) is 10.0 Å². The molecule has 1 aromatic heterocycles. The SMILES string of the molecule is O=C(NCc1cn(-c2ccccc2)nc1-c1ccccc1)c1ccc(Cl)cc1Cl. The van der Waals surface area contributed by atoms with Gasteiger partial charge < -0.3 is 5.32 Å². The number of benzene rings is 3. The number of carbonyl (C=O) groups is 1. The summed E-state index contributed by atoms with van der Waals surface area (Å²) in [5.41, 5.74) is 4.03. The predicted octanol–water partition coefficient (Wildman–Crippen LogP) is 5.78. The first kappa shape index (κ1) is 19.2. The van der Waals surface area contributed by atoms with Gasteiger partial charge in [-0.25, -0.2) is 4.68 Å². The first-order valence-electron chi connectivity index (χ1n) is 9.04. The van der Waals surface area contributed by atoms with Gasteiger partial charge in [0.05, 0.1) is 22.0 Å². The molecule has 144 valence electrons. The number of hydrogen-bond acceptors (Lipinski definition) is 2. The van der Waals surface area contributed by atoms with Crippen molar-refractivity contribution in [3.8, 4) is 16.9 Å². The summed E-state index contributed by atoms with van der Waals surface area (Å²) in [5.74, 6) is -0.266. The van der Waals surface area contributed by atoms with E-state index in [0.717, 1.165) is 22.5 Å². The predicted molar refractivity (Wildman–Crippen MR) is 117 cm³/mol.